The van der Waals surface area contributed by atoms with E-state index in [1.165, 1.54) is 0 Å². The van der Waals surface area contributed by atoms with Gasteiger partial charge in [0.2, 0.25) is 0 Å². The van der Waals surface area contributed by atoms with Gasteiger partial charge in [-0.15, -0.1) is 0 Å². The third-order valence-electron chi connectivity index (χ3n) is 3.29. The number of benzene rings is 1. The van der Waals surface area contributed by atoms with Crippen LogP contribution < -0.4 is 15.2 Å². The summed E-state index contributed by atoms with van der Waals surface area (Å²) in [4.78, 5) is 0. The van der Waals surface area contributed by atoms with E-state index in [2.05, 4.69) is 6.07 Å². The van der Waals surface area contributed by atoms with Crippen LogP contribution in [0.1, 0.15) is 39.2 Å². The molecular weight excluding hydrogens is 264 g/mol. The minimum atomic E-state index is -0.297. The van der Waals surface area contributed by atoms with E-state index in [0.29, 0.717) is 6.61 Å². The zero-order chi connectivity index (χ0) is 15.9. The van der Waals surface area contributed by atoms with Gasteiger partial charge in [0.1, 0.15) is 0 Å². The molecule has 0 saturated carbocycles. The van der Waals surface area contributed by atoms with Crippen molar-refractivity contribution in [1.82, 2.24) is 0 Å². The van der Waals surface area contributed by atoms with Crippen molar-refractivity contribution >= 4 is 0 Å². The molecule has 4 nitrogen and oxygen atoms in total. The Morgan fingerprint density at radius 3 is 2.62 bits per heavy atom. The molecule has 0 saturated heterocycles. The summed E-state index contributed by atoms with van der Waals surface area (Å²) < 4.78 is 11.1. The summed E-state index contributed by atoms with van der Waals surface area (Å²) in [7, 11) is 1.64. The van der Waals surface area contributed by atoms with Gasteiger partial charge in [-0.25, -0.2) is 0 Å². The summed E-state index contributed by atoms with van der Waals surface area (Å²) in [6.45, 7) is 6.44. The molecule has 0 radical (unpaired) electrons. The summed E-state index contributed by atoms with van der Waals surface area (Å²) in [5, 5.41) is 8.97. The molecule has 2 N–H and O–H groups in total. The van der Waals surface area contributed by atoms with Crippen molar-refractivity contribution in [3.05, 3.63) is 23.8 Å². The Balaban J connectivity index is 2.57. The molecule has 0 aliphatic heterocycles. The highest BCUT2D eigenvalue weighted by atomic mass is 16.5. The van der Waals surface area contributed by atoms with Crippen LogP contribution in [0.5, 0.6) is 11.5 Å². The number of hydrogen-bond acceptors (Lipinski definition) is 4. The highest BCUT2D eigenvalue weighted by Crippen LogP contribution is 2.29. The van der Waals surface area contributed by atoms with Crippen LogP contribution in [-0.4, -0.2) is 19.8 Å². The molecule has 1 aromatic rings. The van der Waals surface area contributed by atoms with Crippen molar-refractivity contribution in [3.63, 3.8) is 0 Å². The van der Waals surface area contributed by atoms with Crippen molar-refractivity contribution in [3.8, 4) is 17.6 Å². The lowest BCUT2D eigenvalue weighted by atomic mass is 9.90. The van der Waals surface area contributed by atoms with Crippen LogP contribution in [0.2, 0.25) is 0 Å². The average Bonchev–Trinajstić information content (AvgIpc) is 2.44. The molecule has 1 aromatic carbocycles. The fourth-order valence-corrected chi connectivity index (χ4v) is 2.08. The largest absolute Gasteiger partial charge is 0.493 e. The van der Waals surface area contributed by atoms with Gasteiger partial charge in [-0.1, -0.05) is 6.07 Å². The number of nitriles is 1. The number of nitrogens with zero attached hydrogens (tertiary/aromatic N) is 1. The zero-order valence-electron chi connectivity index (χ0n) is 13.5. The quantitative estimate of drug-likeness (QED) is 0.746. The maximum absolute atomic E-state index is 8.97. The van der Waals surface area contributed by atoms with Crippen molar-refractivity contribution < 1.29 is 9.47 Å². The molecule has 0 fully saturated rings. The smallest absolute Gasteiger partial charge is 0.161 e. The van der Waals surface area contributed by atoms with Gasteiger partial charge < -0.3 is 15.2 Å². The van der Waals surface area contributed by atoms with Crippen LogP contribution in [0, 0.1) is 16.7 Å². The molecule has 0 heterocycles. The molecule has 0 spiro atoms. The van der Waals surface area contributed by atoms with E-state index in [-0.39, 0.29) is 11.5 Å². The number of nitrogens with two attached hydrogens (primary N) is 1. The van der Waals surface area contributed by atoms with Crippen LogP contribution in [0.4, 0.5) is 0 Å². The molecule has 21 heavy (non-hydrogen) atoms. The molecule has 4 heteroatoms. The van der Waals surface area contributed by atoms with Gasteiger partial charge in [-0.3, -0.25) is 0 Å². The van der Waals surface area contributed by atoms with Gasteiger partial charge in [0.25, 0.3) is 0 Å². The number of rotatable bonds is 8. The Morgan fingerprint density at radius 2 is 2.05 bits per heavy atom. The standard InChI is InChI=1S/C17H26N2O2/c1-13(19)10-14-6-7-15(16(11-14)20-4)21-9-5-8-17(2,3)12-18/h6-7,11,13H,5,8-10,19H2,1-4H3. The Hall–Kier alpha value is -1.73. The molecule has 1 atom stereocenters. The van der Waals surface area contributed by atoms with Crippen LogP contribution in [0.25, 0.3) is 0 Å². The third kappa shape index (κ3) is 6.05. The molecule has 0 bridgehead atoms. The number of ether oxygens (including phenoxy) is 2. The Labute approximate surface area is 127 Å². The molecule has 0 aliphatic carbocycles. The maximum Gasteiger partial charge on any atom is 0.161 e. The van der Waals surface area contributed by atoms with E-state index < -0.39 is 0 Å². The summed E-state index contributed by atoms with van der Waals surface area (Å²) in [5.41, 5.74) is 6.65. The highest BCUT2D eigenvalue weighted by molar-refractivity contribution is 5.43. The molecule has 116 valence electrons. The topological polar surface area (TPSA) is 68.3 Å². The second-order valence-electron chi connectivity index (χ2n) is 6.11. The molecular formula is C17H26N2O2. The monoisotopic (exact) mass is 290 g/mol. The summed E-state index contributed by atoms with van der Waals surface area (Å²) in [5.74, 6) is 1.47. The van der Waals surface area contributed by atoms with Gasteiger partial charge >= 0.3 is 0 Å². The number of hydrogen-bond donors (Lipinski definition) is 1. The average molecular weight is 290 g/mol. The predicted octanol–water partition coefficient (Wildman–Crippen LogP) is 3.29. The zero-order valence-corrected chi connectivity index (χ0v) is 13.5. The summed E-state index contributed by atoms with van der Waals surface area (Å²) in [6.07, 6.45) is 2.47. The van der Waals surface area contributed by atoms with Crippen molar-refractivity contribution in [2.45, 2.75) is 46.1 Å². The fourth-order valence-electron chi connectivity index (χ4n) is 2.08. The van der Waals surface area contributed by atoms with Crippen LogP contribution >= 0.6 is 0 Å². The van der Waals surface area contributed by atoms with E-state index in [4.69, 9.17) is 20.5 Å². The van der Waals surface area contributed by atoms with Gasteiger partial charge in [0.05, 0.1) is 25.2 Å². The SMILES string of the molecule is COc1cc(CC(C)N)ccc1OCCCC(C)(C)C#N. The minimum Gasteiger partial charge on any atom is -0.493 e. The van der Waals surface area contributed by atoms with Gasteiger partial charge in [-0.05, 0) is 57.7 Å². The molecule has 1 unspecified atom stereocenters. The van der Waals surface area contributed by atoms with Gasteiger partial charge in [0, 0.05) is 6.04 Å². The normalized spacial score (nSPS) is 12.6. The molecule has 1 rings (SSSR count). The van der Waals surface area contributed by atoms with E-state index in [0.717, 1.165) is 36.3 Å². The predicted molar refractivity (Wildman–Crippen MR) is 84.5 cm³/mol. The van der Waals surface area contributed by atoms with E-state index in [1.54, 1.807) is 7.11 Å². The van der Waals surface area contributed by atoms with Gasteiger partial charge in [0.15, 0.2) is 11.5 Å². The lowest BCUT2D eigenvalue weighted by molar-refractivity contribution is 0.269. The Bertz CT molecular complexity index is 490. The second kappa shape index (κ2) is 7.90. The van der Waals surface area contributed by atoms with Crippen molar-refractivity contribution in [1.29, 1.82) is 5.26 Å². The first-order valence-electron chi connectivity index (χ1n) is 7.34. The highest BCUT2D eigenvalue weighted by Gasteiger charge is 2.16. The third-order valence-corrected chi connectivity index (χ3v) is 3.29. The van der Waals surface area contributed by atoms with E-state index >= 15 is 0 Å². The first kappa shape index (κ1) is 17.3. The lowest BCUT2D eigenvalue weighted by Gasteiger charge is -2.16. The van der Waals surface area contributed by atoms with Crippen LogP contribution in [0.3, 0.4) is 0 Å². The first-order chi connectivity index (χ1) is 9.88. The second-order valence-corrected chi connectivity index (χ2v) is 6.11. The van der Waals surface area contributed by atoms with Crippen molar-refractivity contribution in [2.24, 2.45) is 11.1 Å². The minimum absolute atomic E-state index is 0.120. The van der Waals surface area contributed by atoms with E-state index in [1.807, 2.05) is 39.0 Å². The van der Waals surface area contributed by atoms with Crippen molar-refractivity contribution in [2.75, 3.05) is 13.7 Å². The first-order valence-corrected chi connectivity index (χ1v) is 7.34. The van der Waals surface area contributed by atoms with Gasteiger partial charge in [-0.2, -0.15) is 5.26 Å². The summed E-state index contributed by atoms with van der Waals surface area (Å²) >= 11 is 0. The summed E-state index contributed by atoms with van der Waals surface area (Å²) in [6, 6.07) is 8.32. The van der Waals surface area contributed by atoms with Crippen LogP contribution in [-0.2, 0) is 6.42 Å². The molecule has 0 amide bonds. The Kier molecular flexibility index (Phi) is 6.51. The van der Waals surface area contributed by atoms with Crippen LogP contribution in [0.15, 0.2) is 18.2 Å². The fraction of sp³-hybridized carbons (Fsp3) is 0.588. The van der Waals surface area contributed by atoms with E-state index in [9.17, 15) is 0 Å². The maximum atomic E-state index is 8.97. The Morgan fingerprint density at radius 1 is 1.33 bits per heavy atom. The molecule has 0 aliphatic rings. The lowest BCUT2D eigenvalue weighted by Crippen LogP contribution is -2.17. The number of methoxy groups -OCH3 is 1. The molecule has 0 aromatic heterocycles.